The first-order valence-electron chi connectivity index (χ1n) is 2.91. The van der Waals surface area contributed by atoms with Crippen molar-refractivity contribution >= 4 is 11.6 Å². The molecule has 0 aliphatic rings. The average Bonchev–Trinajstić information content (AvgIpc) is 2.40. The molecule has 0 aliphatic heterocycles. The number of aliphatic hydroxyl groups is 1. The number of aliphatic hydroxyl groups excluding tert-OH is 1. The zero-order chi connectivity index (χ0) is 7.40. The minimum atomic E-state index is -0.561. The predicted octanol–water partition coefficient (Wildman–Crippen LogP) is -0.122. The number of alkyl halides is 1. The molecule has 0 aliphatic carbocycles. The summed E-state index contributed by atoms with van der Waals surface area (Å²) in [5.41, 5.74) is 0. The molecule has 1 heterocycles. The molecule has 4 nitrogen and oxygen atoms in total. The van der Waals surface area contributed by atoms with Gasteiger partial charge in [-0.1, -0.05) is 0 Å². The first-order valence-corrected chi connectivity index (χ1v) is 3.44. The molecule has 0 radical (unpaired) electrons. The van der Waals surface area contributed by atoms with E-state index in [2.05, 4.69) is 10.2 Å². The van der Waals surface area contributed by atoms with Gasteiger partial charge in [0.2, 0.25) is 0 Å². The third-order valence-corrected chi connectivity index (χ3v) is 1.37. The van der Waals surface area contributed by atoms with Crippen LogP contribution in [0.15, 0.2) is 12.4 Å². The number of hydrogen-bond donors (Lipinski definition) is 1. The number of rotatable bonds is 3. The van der Waals surface area contributed by atoms with Gasteiger partial charge in [0, 0.05) is 0 Å². The van der Waals surface area contributed by atoms with Crippen LogP contribution in [0.2, 0.25) is 0 Å². The Hall–Kier alpha value is -0.610. The van der Waals surface area contributed by atoms with Gasteiger partial charge in [-0.25, -0.2) is 0 Å². The lowest BCUT2D eigenvalue weighted by molar-refractivity contribution is 0.165. The fourth-order valence-electron chi connectivity index (χ4n) is 0.575. The zero-order valence-corrected chi connectivity index (χ0v) is 6.07. The van der Waals surface area contributed by atoms with Crippen molar-refractivity contribution in [3.63, 3.8) is 0 Å². The highest BCUT2D eigenvalue weighted by Gasteiger charge is 2.02. The Morgan fingerprint density at radius 2 is 2.10 bits per heavy atom. The molecule has 0 spiro atoms. The lowest BCUT2D eigenvalue weighted by Crippen LogP contribution is -2.19. The quantitative estimate of drug-likeness (QED) is 0.629. The lowest BCUT2D eigenvalue weighted by atomic mass is 10.4. The summed E-state index contributed by atoms with van der Waals surface area (Å²) in [6.07, 6.45) is 2.55. The molecule has 0 aromatic carbocycles. The second-order valence-electron chi connectivity index (χ2n) is 1.89. The van der Waals surface area contributed by atoms with Crippen molar-refractivity contribution in [1.29, 1.82) is 0 Å². The van der Waals surface area contributed by atoms with E-state index in [0.29, 0.717) is 6.54 Å². The van der Waals surface area contributed by atoms with Crippen LogP contribution in [-0.4, -0.2) is 32.1 Å². The van der Waals surface area contributed by atoms with Crippen LogP contribution in [0.1, 0.15) is 0 Å². The highest BCUT2D eigenvalue weighted by molar-refractivity contribution is 6.18. The standard InChI is InChI=1S/C5H8ClN3O/c6-3-5(10)4-9-7-1-2-8-9/h1-2,5,10H,3-4H2. The van der Waals surface area contributed by atoms with E-state index in [1.807, 2.05) is 0 Å². The molecule has 0 amide bonds. The van der Waals surface area contributed by atoms with E-state index in [9.17, 15) is 0 Å². The summed E-state index contributed by atoms with van der Waals surface area (Å²) >= 11 is 5.35. The van der Waals surface area contributed by atoms with Crippen LogP contribution >= 0.6 is 11.6 Å². The van der Waals surface area contributed by atoms with Crippen LogP contribution in [0.3, 0.4) is 0 Å². The normalized spacial score (nSPS) is 13.4. The number of halogens is 1. The highest BCUT2D eigenvalue weighted by atomic mass is 35.5. The van der Waals surface area contributed by atoms with Crippen molar-refractivity contribution in [3.05, 3.63) is 12.4 Å². The molecule has 10 heavy (non-hydrogen) atoms. The molecule has 1 rings (SSSR count). The van der Waals surface area contributed by atoms with Gasteiger partial charge < -0.3 is 5.11 Å². The van der Waals surface area contributed by atoms with Crippen molar-refractivity contribution < 1.29 is 5.11 Å². The van der Waals surface area contributed by atoms with Gasteiger partial charge >= 0.3 is 0 Å². The predicted molar refractivity (Wildman–Crippen MR) is 36.7 cm³/mol. The van der Waals surface area contributed by atoms with Crippen LogP contribution in [0.25, 0.3) is 0 Å². The first kappa shape index (κ1) is 7.50. The van der Waals surface area contributed by atoms with Gasteiger partial charge in [0.05, 0.1) is 30.9 Å². The smallest absolute Gasteiger partial charge is 0.0888 e. The van der Waals surface area contributed by atoms with Gasteiger partial charge in [0.15, 0.2) is 0 Å². The van der Waals surface area contributed by atoms with Gasteiger partial charge in [-0.3, -0.25) is 0 Å². The molecule has 1 N–H and O–H groups in total. The molecular formula is C5H8ClN3O. The maximum absolute atomic E-state index is 9.00. The first-order chi connectivity index (χ1) is 4.83. The molecule has 0 fully saturated rings. The average molecular weight is 162 g/mol. The highest BCUT2D eigenvalue weighted by Crippen LogP contribution is 1.90. The number of aromatic nitrogens is 3. The van der Waals surface area contributed by atoms with E-state index in [1.54, 1.807) is 12.4 Å². The van der Waals surface area contributed by atoms with E-state index >= 15 is 0 Å². The summed E-state index contributed by atoms with van der Waals surface area (Å²) in [6.45, 7) is 0.358. The lowest BCUT2D eigenvalue weighted by Gasteiger charge is -2.03. The van der Waals surface area contributed by atoms with Crippen LogP contribution in [-0.2, 0) is 6.54 Å². The van der Waals surface area contributed by atoms with Gasteiger partial charge in [0.1, 0.15) is 0 Å². The van der Waals surface area contributed by atoms with Crippen LogP contribution in [0, 0.1) is 0 Å². The largest absolute Gasteiger partial charge is 0.390 e. The monoisotopic (exact) mass is 161 g/mol. The second kappa shape index (κ2) is 3.53. The van der Waals surface area contributed by atoms with E-state index < -0.39 is 6.10 Å². The SMILES string of the molecule is OC(CCl)Cn1nccn1. The summed E-state index contributed by atoms with van der Waals surface area (Å²) in [4.78, 5) is 1.40. The van der Waals surface area contributed by atoms with E-state index in [1.165, 1.54) is 4.80 Å². The Labute approximate surface area is 63.4 Å². The van der Waals surface area contributed by atoms with Crippen molar-refractivity contribution in [1.82, 2.24) is 15.0 Å². The molecule has 1 aromatic heterocycles. The van der Waals surface area contributed by atoms with Crippen molar-refractivity contribution in [2.24, 2.45) is 0 Å². The Morgan fingerprint density at radius 3 is 2.60 bits per heavy atom. The fourth-order valence-corrected chi connectivity index (χ4v) is 0.673. The van der Waals surface area contributed by atoms with E-state index in [-0.39, 0.29) is 5.88 Å². The molecule has 1 aromatic rings. The summed E-state index contributed by atoms with van der Waals surface area (Å²) in [5, 5.41) is 16.6. The maximum Gasteiger partial charge on any atom is 0.0888 e. The number of nitrogens with zero attached hydrogens (tertiary/aromatic N) is 3. The Kier molecular flexibility index (Phi) is 2.65. The molecular weight excluding hydrogens is 154 g/mol. The molecule has 5 heteroatoms. The van der Waals surface area contributed by atoms with E-state index in [0.717, 1.165) is 0 Å². The summed E-state index contributed by atoms with van der Waals surface area (Å²) in [5.74, 6) is 0.210. The van der Waals surface area contributed by atoms with Crippen LogP contribution < -0.4 is 0 Å². The fraction of sp³-hybridized carbons (Fsp3) is 0.600. The molecule has 0 bridgehead atoms. The van der Waals surface area contributed by atoms with Gasteiger partial charge in [-0.15, -0.1) is 11.6 Å². The Balaban J connectivity index is 2.40. The molecule has 56 valence electrons. The van der Waals surface area contributed by atoms with Crippen molar-refractivity contribution in [2.45, 2.75) is 12.6 Å². The van der Waals surface area contributed by atoms with Gasteiger partial charge in [0.25, 0.3) is 0 Å². The topological polar surface area (TPSA) is 50.9 Å². The Morgan fingerprint density at radius 1 is 1.50 bits per heavy atom. The minimum absolute atomic E-state index is 0.210. The zero-order valence-electron chi connectivity index (χ0n) is 5.31. The summed E-state index contributed by atoms with van der Waals surface area (Å²) < 4.78 is 0. The van der Waals surface area contributed by atoms with Crippen molar-refractivity contribution in [3.8, 4) is 0 Å². The molecule has 1 atom stereocenters. The third kappa shape index (κ3) is 1.97. The minimum Gasteiger partial charge on any atom is -0.390 e. The Bertz CT molecular complexity index is 177. The molecule has 0 saturated heterocycles. The summed E-state index contributed by atoms with van der Waals surface area (Å²) in [6, 6.07) is 0. The van der Waals surface area contributed by atoms with Gasteiger partial charge in [-0.2, -0.15) is 15.0 Å². The summed E-state index contributed by atoms with van der Waals surface area (Å²) in [7, 11) is 0. The van der Waals surface area contributed by atoms with Crippen molar-refractivity contribution in [2.75, 3.05) is 5.88 Å². The van der Waals surface area contributed by atoms with Crippen LogP contribution in [0.5, 0.6) is 0 Å². The van der Waals surface area contributed by atoms with Gasteiger partial charge in [-0.05, 0) is 0 Å². The molecule has 1 unspecified atom stereocenters. The maximum atomic E-state index is 9.00. The number of hydrogen-bond acceptors (Lipinski definition) is 3. The van der Waals surface area contributed by atoms with E-state index in [4.69, 9.17) is 16.7 Å². The third-order valence-electron chi connectivity index (χ3n) is 1.02. The van der Waals surface area contributed by atoms with Crippen LogP contribution in [0.4, 0.5) is 0 Å². The second-order valence-corrected chi connectivity index (χ2v) is 2.20. The molecule has 0 saturated carbocycles.